The number of hydrogen-bond donors (Lipinski definition) is 2. The van der Waals surface area contributed by atoms with Gasteiger partial charge in [0.15, 0.2) is 0 Å². The fraction of sp³-hybridized carbons (Fsp3) is 0.235. The quantitative estimate of drug-likeness (QED) is 0.802. The molecule has 0 fully saturated rings. The summed E-state index contributed by atoms with van der Waals surface area (Å²) in [6.07, 6.45) is 1.08. The number of nitrogens with one attached hydrogen (secondary N) is 2. The SMILES string of the molecule is CN(CCNC(=O)c1ccc(NS(C)(=O)=O)cc1)c1ccccc1. The van der Waals surface area contributed by atoms with Crippen molar-refractivity contribution in [2.45, 2.75) is 0 Å². The molecule has 0 spiro atoms. The summed E-state index contributed by atoms with van der Waals surface area (Å²) in [6, 6.07) is 16.2. The van der Waals surface area contributed by atoms with Gasteiger partial charge >= 0.3 is 0 Å². The largest absolute Gasteiger partial charge is 0.373 e. The van der Waals surface area contributed by atoms with Gasteiger partial charge in [-0.25, -0.2) is 8.42 Å². The molecule has 0 heterocycles. The van der Waals surface area contributed by atoms with Crippen molar-refractivity contribution in [2.75, 3.05) is 36.0 Å². The molecule has 24 heavy (non-hydrogen) atoms. The number of likely N-dealkylation sites (N-methyl/N-ethyl adjacent to an activating group) is 1. The van der Waals surface area contributed by atoms with E-state index in [0.29, 0.717) is 24.3 Å². The van der Waals surface area contributed by atoms with Crippen LogP contribution in [-0.4, -0.2) is 40.7 Å². The average molecular weight is 347 g/mol. The van der Waals surface area contributed by atoms with Gasteiger partial charge < -0.3 is 10.2 Å². The Morgan fingerprint density at radius 2 is 1.67 bits per heavy atom. The Morgan fingerprint density at radius 1 is 1.04 bits per heavy atom. The third-order valence-electron chi connectivity index (χ3n) is 3.38. The van der Waals surface area contributed by atoms with Gasteiger partial charge in [0, 0.05) is 37.1 Å². The zero-order chi connectivity index (χ0) is 17.6. The Balaban J connectivity index is 1.84. The maximum absolute atomic E-state index is 12.1. The molecule has 0 unspecified atom stereocenters. The third-order valence-corrected chi connectivity index (χ3v) is 3.99. The second-order valence-corrected chi connectivity index (χ2v) is 7.21. The first-order valence-corrected chi connectivity index (χ1v) is 9.36. The van der Waals surface area contributed by atoms with E-state index in [2.05, 4.69) is 14.9 Å². The molecule has 2 aromatic rings. The fourth-order valence-electron chi connectivity index (χ4n) is 2.15. The van der Waals surface area contributed by atoms with E-state index in [1.165, 1.54) is 0 Å². The van der Waals surface area contributed by atoms with Crippen molar-refractivity contribution in [1.29, 1.82) is 0 Å². The van der Waals surface area contributed by atoms with Gasteiger partial charge in [-0.2, -0.15) is 0 Å². The molecule has 2 N–H and O–H groups in total. The number of sulfonamides is 1. The molecular weight excluding hydrogens is 326 g/mol. The van der Waals surface area contributed by atoms with E-state index in [4.69, 9.17) is 0 Å². The van der Waals surface area contributed by atoms with Gasteiger partial charge in [-0.05, 0) is 36.4 Å². The van der Waals surface area contributed by atoms with Crippen molar-refractivity contribution in [1.82, 2.24) is 5.32 Å². The second-order valence-electron chi connectivity index (χ2n) is 5.46. The lowest BCUT2D eigenvalue weighted by Crippen LogP contribution is -2.32. The number of anilines is 2. The monoisotopic (exact) mass is 347 g/mol. The summed E-state index contributed by atoms with van der Waals surface area (Å²) >= 11 is 0. The molecule has 0 aliphatic heterocycles. The van der Waals surface area contributed by atoms with Crippen LogP contribution < -0.4 is 14.9 Å². The number of hydrogen-bond acceptors (Lipinski definition) is 4. The lowest BCUT2D eigenvalue weighted by molar-refractivity contribution is 0.0955. The molecule has 0 aliphatic carbocycles. The molecular formula is C17H21N3O3S. The van der Waals surface area contributed by atoms with Crippen molar-refractivity contribution in [3.05, 3.63) is 60.2 Å². The Hall–Kier alpha value is -2.54. The predicted molar refractivity (Wildman–Crippen MR) is 97.0 cm³/mol. The molecule has 0 saturated heterocycles. The highest BCUT2D eigenvalue weighted by molar-refractivity contribution is 7.92. The van der Waals surface area contributed by atoms with Crippen molar-refractivity contribution in [2.24, 2.45) is 0 Å². The van der Waals surface area contributed by atoms with Crippen LogP contribution in [0.4, 0.5) is 11.4 Å². The van der Waals surface area contributed by atoms with E-state index < -0.39 is 10.0 Å². The highest BCUT2D eigenvalue weighted by Gasteiger charge is 2.07. The van der Waals surface area contributed by atoms with Gasteiger partial charge in [0.25, 0.3) is 5.91 Å². The van der Waals surface area contributed by atoms with Gasteiger partial charge in [0.05, 0.1) is 6.26 Å². The third kappa shape index (κ3) is 5.58. The Kier molecular flexibility index (Phi) is 5.81. The standard InChI is InChI=1S/C17H21N3O3S/c1-20(16-6-4-3-5-7-16)13-12-18-17(21)14-8-10-15(11-9-14)19-24(2,22)23/h3-11,19H,12-13H2,1-2H3,(H,18,21). The minimum atomic E-state index is -3.32. The molecule has 0 saturated carbocycles. The maximum atomic E-state index is 12.1. The lowest BCUT2D eigenvalue weighted by Gasteiger charge is -2.19. The van der Waals surface area contributed by atoms with Crippen LogP contribution >= 0.6 is 0 Å². The first kappa shape index (κ1) is 17.8. The molecule has 0 aromatic heterocycles. The summed E-state index contributed by atoms with van der Waals surface area (Å²) < 4.78 is 24.7. The van der Waals surface area contributed by atoms with E-state index in [0.717, 1.165) is 11.9 Å². The molecule has 0 aliphatic rings. The highest BCUT2D eigenvalue weighted by atomic mass is 32.2. The van der Waals surface area contributed by atoms with Crippen molar-refractivity contribution < 1.29 is 13.2 Å². The normalized spacial score (nSPS) is 10.9. The predicted octanol–water partition coefficient (Wildman–Crippen LogP) is 1.92. The molecule has 0 bridgehead atoms. The molecule has 7 heteroatoms. The van der Waals surface area contributed by atoms with Crippen LogP contribution in [-0.2, 0) is 10.0 Å². The van der Waals surface area contributed by atoms with Crippen LogP contribution in [0, 0.1) is 0 Å². The van der Waals surface area contributed by atoms with Crippen LogP contribution in [0.2, 0.25) is 0 Å². The molecule has 6 nitrogen and oxygen atoms in total. The molecule has 128 valence electrons. The number of carbonyl (C=O) groups excluding carboxylic acids is 1. The summed E-state index contributed by atoms with van der Waals surface area (Å²) in [4.78, 5) is 14.1. The maximum Gasteiger partial charge on any atom is 0.251 e. The first-order chi connectivity index (χ1) is 11.3. The van der Waals surface area contributed by atoms with E-state index in [9.17, 15) is 13.2 Å². The number of rotatable bonds is 7. The Labute approximate surface area is 142 Å². The zero-order valence-electron chi connectivity index (χ0n) is 13.7. The number of para-hydroxylation sites is 1. The van der Waals surface area contributed by atoms with E-state index >= 15 is 0 Å². The van der Waals surface area contributed by atoms with Crippen LogP contribution in [0.15, 0.2) is 54.6 Å². The van der Waals surface area contributed by atoms with E-state index in [-0.39, 0.29) is 5.91 Å². The molecule has 2 aromatic carbocycles. The smallest absolute Gasteiger partial charge is 0.251 e. The summed E-state index contributed by atoms with van der Waals surface area (Å²) in [5.41, 5.74) is 2.00. The molecule has 2 rings (SSSR count). The molecule has 0 atom stereocenters. The lowest BCUT2D eigenvalue weighted by atomic mass is 10.2. The fourth-order valence-corrected chi connectivity index (χ4v) is 2.72. The van der Waals surface area contributed by atoms with Gasteiger partial charge in [-0.3, -0.25) is 9.52 Å². The second kappa shape index (κ2) is 7.83. The van der Waals surface area contributed by atoms with Crippen LogP contribution in [0.25, 0.3) is 0 Å². The number of benzene rings is 2. The van der Waals surface area contributed by atoms with Crippen LogP contribution in [0.1, 0.15) is 10.4 Å². The minimum absolute atomic E-state index is 0.192. The highest BCUT2D eigenvalue weighted by Crippen LogP contribution is 2.11. The summed E-state index contributed by atoms with van der Waals surface area (Å²) in [6.45, 7) is 1.19. The van der Waals surface area contributed by atoms with E-state index in [1.54, 1.807) is 24.3 Å². The number of amides is 1. The number of nitrogens with zero attached hydrogens (tertiary/aromatic N) is 1. The summed E-state index contributed by atoms with van der Waals surface area (Å²) in [5, 5.41) is 2.85. The minimum Gasteiger partial charge on any atom is -0.373 e. The van der Waals surface area contributed by atoms with E-state index in [1.807, 2.05) is 37.4 Å². The Morgan fingerprint density at radius 3 is 2.25 bits per heavy atom. The van der Waals surface area contributed by atoms with Gasteiger partial charge in [-0.15, -0.1) is 0 Å². The van der Waals surface area contributed by atoms with Gasteiger partial charge in [0.1, 0.15) is 0 Å². The summed E-state index contributed by atoms with van der Waals surface area (Å²) in [5.74, 6) is -0.192. The average Bonchev–Trinajstić information content (AvgIpc) is 2.54. The Bertz CT molecular complexity index is 774. The molecule has 1 amide bonds. The number of carbonyl (C=O) groups is 1. The van der Waals surface area contributed by atoms with Crippen molar-refractivity contribution in [3.63, 3.8) is 0 Å². The molecule has 0 radical (unpaired) electrons. The van der Waals surface area contributed by atoms with Gasteiger partial charge in [-0.1, -0.05) is 18.2 Å². The van der Waals surface area contributed by atoms with Crippen molar-refractivity contribution >= 4 is 27.3 Å². The first-order valence-electron chi connectivity index (χ1n) is 7.47. The van der Waals surface area contributed by atoms with Gasteiger partial charge in [0.2, 0.25) is 10.0 Å². The van der Waals surface area contributed by atoms with Crippen LogP contribution in [0.3, 0.4) is 0 Å². The van der Waals surface area contributed by atoms with Crippen molar-refractivity contribution in [3.8, 4) is 0 Å². The topological polar surface area (TPSA) is 78.5 Å². The zero-order valence-corrected chi connectivity index (χ0v) is 14.5. The summed E-state index contributed by atoms with van der Waals surface area (Å²) in [7, 11) is -1.35. The van der Waals surface area contributed by atoms with Crippen LogP contribution in [0.5, 0.6) is 0 Å².